The van der Waals surface area contributed by atoms with Crippen molar-refractivity contribution in [3.05, 3.63) is 41.2 Å². The summed E-state index contributed by atoms with van der Waals surface area (Å²) < 4.78 is 10.4. The Morgan fingerprint density at radius 2 is 2.00 bits per heavy atom. The molecule has 6 heteroatoms. The summed E-state index contributed by atoms with van der Waals surface area (Å²) in [6.07, 6.45) is 0. The van der Waals surface area contributed by atoms with Gasteiger partial charge in [0, 0.05) is 7.11 Å². The van der Waals surface area contributed by atoms with Crippen molar-refractivity contribution in [1.82, 2.24) is 15.1 Å². The third-order valence-electron chi connectivity index (χ3n) is 2.71. The molecule has 0 aliphatic carbocycles. The molecule has 3 rings (SSSR count). The van der Waals surface area contributed by atoms with E-state index in [4.69, 9.17) is 9.26 Å². The fourth-order valence-electron chi connectivity index (χ4n) is 1.87. The van der Waals surface area contributed by atoms with Crippen LogP contribution in [0.15, 0.2) is 34.9 Å². The fraction of sp³-hybridized carbons (Fsp3) is 0.214. The van der Waals surface area contributed by atoms with Crippen molar-refractivity contribution in [2.75, 3.05) is 7.11 Å². The predicted molar refractivity (Wildman–Crippen MR) is 76.3 cm³/mol. The molecule has 0 spiro atoms. The van der Waals surface area contributed by atoms with E-state index in [0.29, 0.717) is 24.0 Å². The van der Waals surface area contributed by atoms with Crippen molar-refractivity contribution in [3.63, 3.8) is 0 Å². The molecule has 0 aliphatic heterocycles. The zero-order valence-corrected chi connectivity index (χ0v) is 12.0. The average molecular weight is 287 g/mol. The van der Waals surface area contributed by atoms with Crippen LogP contribution in [0.3, 0.4) is 0 Å². The molecule has 0 saturated heterocycles. The lowest BCUT2D eigenvalue weighted by molar-refractivity contribution is 0.184. The van der Waals surface area contributed by atoms with Crippen molar-refractivity contribution in [1.29, 1.82) is 0 Å². The van der Waals surface area contributed by atoms with Crippen molar-refractivity contribution < 1.29 is 9.26 Å². The van der Waals surface area contributed by atoms with Gasteiger partial charge in [-0.1, -0.05) is 35.5 Å². The normalized spacial score (nSPS) is 10.9. The summed E-state index contributed by atoms with van der Waals surface area (Å²) in [6.45, 7) is 2.26. The Bertz CT molecular complexity index is 706. The maximum absolute atomic E-state index is 5.25. The first kappa shape index (κ1) is 13.0. The number of nitrogens with zero attached hydrogens (tertiary/aromatic N) is 3. The maximum atomic E-state index is 5.25. The van der Waals surface area contributed by atoms with E-state index in [1.807, 2.05) is 30.3 Å². The van der Waals surface area contributed by atoms with Crippen LogP contribution in [0, 0.1) is 6.92 Å². The third kappa shape index (κ3) is 2.48. The molecule has 0 atom stereocenters. The van der Waals surface area contributed by atoms with Gasteiger partial charge in [0.25, 0.3) is 5.89 Å². The number of aryl methyl sites for hydroxylation is 1. The van der Waals surface area contributed by atoms with Gasteiger partial charge in [-0.3, -0.25) is 0 Å². The molecule has 2 aromatic heterocycles. The second-order valence-electron chi connectivity index (χ2n) is 4.23. The van der Waals surface area contributed by atoms with Crippen LogP contribution in [-0.2, 0) is 11.3 Å². The van der Waals surface area contributed by atoms with Gasteiger partial charge >= 0.3 is 0 Å². The van der Waals surface area contributed by atoms with E-state index in [0.717, 1.165) is 15.4 Å². The Kier molecular flexibility index (Phi) is 3.58. The molecule has 0 aliphatic rings. The monoisotopic (exact) mass is 287 g/mol. The highest BCUT2D eigenvalue weighted by Gasteiger charge is 2.19. The van der Waals surface area contributed by atoms with Gasteiger partial charge < -0.3 is 9.26 Å². The van der Waals surface area contributed by atoms with Crippen LogP contribution in [0.1, 0.15) is 10.8 Å². The van der Waals surface area contributed by atoms with Crippen LogP contribution in [0.2, 0.25) is 0 Å². The van der Waals surface area contributed by atoms with Crippen LogP contribution in [0.4, 0.5) is 0 Å². The van der Waals surface area contributed by atoms with E-state index >= 15 is 0 Å². The molecule has 0 fully saturated rings. The molecule has 0 bridgehead atoms. The summed E-state index contributed by atoms with van der Waals surface area (Å²) in [5.74, 6) is 1.04. The average Bonchev–Trinajstić information content (AvgIpc) is 3.06. The number of hydrogen-bond acceptors (Lipinski definition) is 6. The third-order valence-corrected chi connectivity index (χ3v) is 3.78. The van der Waals surface area contributed by atoms with Gasteiger partial charge in [-0.2, -0.15) is 4.98 Å². The SMILES string of the molecule is COCc1nc(-c2nc(C)no2)c(-c2ccccc2)s1. The molecule has 20 heavy (non-hydrogen) atoms. The van der Waals surface area contributed by atoms with Crippen LogP contribution in [0.25, 0.3) is 22.0 Å². The minimum Gasteiger partial charge on any atom is -0.378 e. The lowest BCUT2D eigenvalue weighted by Gasteiger charge is -1.97. The van der Waals surface area contributed by atoms with Crippen molar-refractivity contribution in [2.24, 2.45) is 0 Å². The highest BCUT2D eigenvalue weighted by molar-refractivity contribution is 7.15. The molecule has 0 saturated carbocycles. The summed E-state index contributed by atoms with van der Waals surface area (Å²) in [5.41, 5.74) is 1.80. The molecule has 102 valence electrons. The standard InChI is InChI=1S/C14H13N3O2S/c1-9-15-14(19-17-9)12-13(10-6-4-3-5-7-10)20-11(16-12)8-18-2/h3-7H,8H2,1-2H3. The molecule has 1 aromatic carbocycles. The van der Waals surface area contributed by atoms with Crippen LogP contribution in [-0.4, -0.2) is 22.2 Å². The summed E-state index contributed by atoms with van der Waals surface area (Å²) in [7, 11) is 1.65. The highest BCUT2D eigenvalue weighted by Crippen LogP contribution is 2.36. The van der Waals surface area contributed by atoms with Gasteiger partial charge in [-0.05, 0) is 12.5 Å². The van der Waals surface area contributed by atoms with Crippen LogP contribution < -0.4 is 0 Å². The van der Waals surface area contributed by atoms with Gasteiger partial charge in [-0.25, -0.2) is 4.98 Å². The smallest absolute Gasteiger partial charge is 0.278 e. The number of benzene rings is 1. The van der Waals surface area contributed by atoms with Gasteiger partial charge in [0.05, 0.1) is 11.5 Å². The predicted octanol–water partition coefficient (Wildman–Crippen LogP) is 3.31. The molecule has 3 aromatic rings. The first-order valence-corrected chi connectivity index (χ1v) is 6.94. The van der Waals surface area contributed by atoms with E-state index in [1.54, 1.807) is 25.4 Å². The number of methoxy groups -OCH3 is 1. The Morgan fingerprint density at radius 3 is 2.65 bits per heavy atom. The Balaban J connectivity index is 2.12. The van der Waals surface area contributed by atoms with Crippen molar-refractivity contribution >= 4 is 11.3 Å². The van der Waals surface area contributed by atoms with Gasteiger partial charge in [0.15, 0.2) is 5.82 Å². The Morgan fingerprint density at radius 1 is 1.20 bits per heavy atom. The van der Waals surface area contributed by atoms with E-state index in [1.165, 1.54) is 0 Å². The molecule has 0 amide bonds. The van der Waals surface area contributed by atoms with Crippen LogP contribution in [0.5, 0.6) is 0 Å². The lowest BCUT2D eigenvalue weighted by Crippen LogP contribution is -1.86. The summed E-state index contributed by atoms with van der Waals surface area (Å²) >= 11 is 1.58. The van der Waals surface area contributed by atoms with Crippen LogP contribution >= 0.6 is 11.3 Å². The minimum absolute atomic E-state index is 0.444. The topological polar surface area (TPSA) is 61.0 Å². The quantitative estimate of drug-likeness (QED) is 0.736. The van der Waals surface area contributed by atoms with E-state index < -0.39 is 0 Å². The number of hydrogen-bond donors (Lipinski definition) is 0. The van der Waals surface area contributed by atoms with E-state index in [9.17, 15) is 0 Å². The van der Waals surface area contributed by atoms with Gasteiger partial charge in [0.2, 0.25) is 0 Å². The molecule has 0 unspecified atom stereocenters. The molecule has 0 N–H and O–H groups in total. The number of rotatable bonds is 4. The fourth-order valence-corrected chi connectivity index (χ4v) is 2.91. The summed E-state index contributed by atoms with van der Waals surface area (Å²) in [4.78, 5) is 9.84. The minimum atomic E-state index is 0.444. The lowest BCUT2D eigenvalue weighted by atomic mass is 10.1. The molecular weight excluding hydrogens is 274 g/mol. The Labute approximate surface area is 120 Å². The zero-order valence-electron chi connectivity index (χ0n) is 11.2. The van der Waals surface area contributed by atoms with Crippen molar-refractivity contribution in [3.8, 4) is 22.0 Å². The van der Waals surface area contributed by atoms with Crippen molar-refractivity contribution in [2.45, 2.75) is 13.5 Å². The second kappa shape index (κ2) is 5.52. The van der Waals surface area contributed by atoms with Gasteiger partial charge in [0.1, 0.15) is 10.7 Å². The highest BCUT2D eigenvalue weighted by atomic mass is 32.1. The maximum Gasteiger partial charge on any atom is 0.278 e. The first-order chi connectivity index (χ1) is 9.78. The number of aromatic nitrogens is 3. The Hall–Kier alpha value is -2.05. The largest absolute Gasteiger partial charge is 0.378 e. The van der Waals surface area contributed by atoms with E-state index in [2.05, 4.69) is 15.1 Å². The molecular formula is C14H13N3O2S. The molecule has 0 radical (unpaired) electrons. The number of thiazole rings is 1. The zero-order chi connectivity index (χ0) is 13.9. The molecule has 2 heterocycles. The second-order valence-corrected chi connectivity index (χ2v) is 5.31. The first-order valence-electron chi connectivity index (χ1n) is 6.12. The summed E-state index contributed by atoms with van der Waals surface area (Å²) in [5, 5.41) is 4.72. The van der Waals surface area contributed by atoms with E-state index in [-0.39, 0.29) is 0 Å². The molecule has 5 nitrogen and oxygen atoms in total. The number of ether oxygens (including phenoxy) is 1. The van der Waals surface area contributed by atoms with Gasteiger partial charge in [-0.15, -0.1) is 11.3 Å². The summed E-state index contributed by atoms with van der Waals surface area (Å²) in [6, 6.07) is 10.0.